The molecule has 202 valence electrons. The third-order valence-corrected chi connectivity index (χ3v) is 8.96. The van der Waals surface area contributed by atoms with E-state index in [-0.39, 0.29) is 45.9 Å². The average molecular weight is 567 g/mol. The molecule has 2 aromatic heterocycles. The van der Waals surface area contributed by atoms with Crippen LogP contribution >= 0.6 is 11.3 Å². The number of fused-ring (bicyclic) bond motifs is 2. The van der Waals surface area contributed by atoms with Gasteiger partial charge in [0.15, 0.2) is 5.84 Å². The third-order valence-electron chi connectivity index (χ3n) is 6.58. The summed E-state index contributed by atoms with van der Waals surface area (Å²) in [7, 11) is -4.44. The van der Waals surface area contributed by atoms with Gasteiger partial charge in [-0.1, -0.05) is 56.3 Å². The lowest BCUT2D eigenvalue weighted by atomic mass is 10.1. The summed E-state index contributed by atoms with van der Waals surface area (Å²) in [5.74, 6) is -1.48. The van der Waals surface area contributed by atoms with Gasteiger partial charge in [0, 0.05) is 10.8 Å². The maximum Gasteiger partial charge on any atom is 0.288 e. The van der Waals surface area contributed by atoms with Crippen LogP contribution < -0.4 is 16.2 Å². The number of aliphatic hydroxyl groups is 1. The van der Waals surface area contributed by atoms with Gasteiger partial charge in [-0.25, -0.2) is 0 Å². The van der Waals surface area contributed by atoms with E-state index in [2.05, 4.69) is 15.0 Å². The minimum atomic E-state index is -4.44. The molecular weight excluding hydrogens is 540 g/mol. The Morgan fingerprint density at radius 1 is 1.13 bits per heavy atom. The Kier molecular flexibility index (Phi) is 7.02. The summed E-state index contributed by atoms with van der Waals surface area (Å²) in [5.41, 5.74) is 0.279. The number of benzene rings is 2. The van der Waals surface area contributed by atoms with Crippen molar-refractivity contribution in [3.05, 3.63) is 87.0 Å². The molecule has 0 aliphatic carbocycles. The summed E-state index contributed by atoms with van der Waals surface area (Å²) >= 11 is 0.961. The number of aromatic nitrogens is 1. The highest BCUT2D eigenvalue weighted by molar-refractivity contribution is 7.90. The van der Waals surface area contributed by atoms with Crippen molar-refractivity contribution in [3.63, 3.8) is 0 Å². The summed E-state index contributed by atoms with van der Waals surface area (Å²) in [6, 6.07) is 15.5. The number of anilines is 1. The highest BCUT2D eigenvalue weighted by atomic mass is 32.2. The van der Waals surface area contributed by atoms with Gasteiger partial charge in [0.25, 0.3) is 21.5 Å². The Bertz CT molecular complexity index is 1780. The van der Waals surface area contributed by atoms with E-state index >= 15 is 0 Å². The molecule has 3 heterocycles. The number of carbonyl (C=O) groups is 1. The first kappa shape index (κ1) is 26.6. The summed E-state index contributed by atoms with van der Waals surface area (Å²) in [5, 5.41) is 28.1. The van der Waals surface area contributed by atoms with E-state index in [0.29, 0.717) is 10.9 Å². The van der Waals surface area contributed by atoms with Crippen molar-refractivity contribution in [3.8, 4) is 5.75 Å². The van der Waals surface area contributed by atoms with Gasteiger partial charge in [-0.05, 0) is 23.6 Å². The lowest BCUT2D eigenvalue weighted by Crippen LogP contribution is -2.41. The van der Waals surface area contributed by atoms with Crippen LogP contribution in [0.3, 0.4) is 0 Å². The number of nitrogens with zero attached hydrogens (tertiary/aromatic N) is 2. The molecule has 0 fully saturated rings. The number of para-hydroxylation sites is 1. The summed E-state index contributed by atoms with van der Waals surface area (Å²) in [4.78, 5) is 26.4. The van der Waals surface area contributed by atoms with Crippen LogP contribution in [0.15, 0.2) is 74.1 Å². The number of aromatic hydroxyl groups is 1. The van der Waals surface area contributed by atoms with E-state index < -0.39 is 33.3 Å². The molecule has 1 aliphatic heterocycles. The number of amides is 1. The van der Waals surface area contributed by atoms with Gasteiger partial charge in [-0.15, -0.1) is 15.7 Å². The smallest absolute Gasteiger partial charge is 0.288 e. The highest BCUT2D eigenvalue weighted by Gasteiger charge is 2.35. The Morgan fingerprint density at radius 3 is 2.51 bits per heavy atom. The van der Waals surface area contributed by atoms with Crippen LogP contribution in [0.4, 0.5) is 5.00 Å². The summed E-state index contributed by atoms with van der Waals surface area (Å²) < 4.78 is 32.0. The van der Waals surface area contributed by atoms with Gasteiger partial charge in [0.05, 0.1) is 30.3 Å². The minimum absolute atomic E-state index is 0.0818. The van der Waals surface area contributed by atoms with Crippen LogP contribution in [-0.4, -0.2) is 47.6 Å². The maximum atomic E-state index is 13.8. The third kappa shape index (κ3) is 4.82. The van der Waals surface area contributed by atoms with E-state index in [9.17, 15) is 28.2 Å². The first-order chi connectivity index (χ1) is 18.6. The normalized spacial score (nSPS) is 14.9. The largest absolute Gasteiger partial charge is 0.506 e. The van der Waals surface area contributed by atoms with Crippen LogP contribution in [0.1, 0.15) is 35.3 Å². The first-order valence-electron chi connectivity index (χ1n) is 12.2. The van der Waals surface area contributed by atoms with Crippen molar-refractivity contribution in [1.29, 1.82) is 0 Å². The van der Waals surface area contributed by atoms with E-state index in [1.165, 1.54) is 9.95 Å². The van der Waals surface area contributed by atoms with Crippen LogP contribution in [0.2, 0.25) is 0 Å². The molecule has 2 aromatic carbocycles. The fourth-order valence-corrected chi connectivity index (χ4v) is 7.00. The van der Waals surface area contributed by atoms with Crippen molar-refractivity contribution in [1.82, 2.24) is 9.88 Å². The van der Waals surface area contributed by atoms with Gasteiger partial charge in [-0.2, -0.15) is 8.42 Å². The van der Waals surface area contributed by atoms with E-state index in [1.54, 1.807) is 24.3 Å². The van der Waals surface area contributed by atoms with Crippen molar-refractivity contribution >= 4 is 49.0 Å². The second-order valence-corrected chi connectivity index (χ2v) is 11.9. The average Bonchev–Trinajstić information content (AvgIpc) is 3.35. The van der Waals surface area contributed by atoms with Gasteiger partial charge in [0.1, 0.15) is 21.2 Å². The van der Waals surface area contributed by atoms with Gasteiger partial charge >= 0.3 is 0 Å². The quantitative estimate of drug-likeness (QED) is 0.268. The Balaban J connectivity index is 1.62. The fourth-order valence-electron chi connectivity index (χ4n) is 4.45. The molecule has 39 heavy (non-hydrogen) atoms. The Hall–Kier alpha value is -4.00. The monoisotopic (exact) mass is 566 g/mol. The van der Waals surface area contributed by atoms with E-state index in [0.717, 1.165) is 16.9 Å². The number of sulfonamides is 1. The van der Waals surface area contributed by atoms with Crippen LogP contribution in [0, 0.1) is 5.92 Å². The molecule has 0 saturated heterocycles. The molecule has 1 atom stereocenters. The number of amidine groups is 1. The molecule has 0 bridgehead atoms. The number of nitrogens with one attached hydrogen (secondary N) is 2. The second-order valence-electron chi connectivity index (χ2n) is 9.47. The number of thiophene rings is 1. The number of aliphatic hydroxyl groups excluding tert-OH is 1. The van der Waals surface area contributed by atoms with Crippen LogP contribution in [0.25, 0.3) is 10.9 Å². The highest BCUT2D eigenvalue weighted by Crippen LogP contribution is 2.38. The zero-order chi connectivity index (χ0) is 27.9. The molecule has 0 saturated carbocycles. The number of hydrogen-bond donors (Lipinski definition) is 4. The summed E-state index contributed by atoms with van der Waals surface area (Å²) in [6.07, 6.45) is 0. The predicted molar refractivity (Wildman–Crippen MR) is 150 cm³/mol. The van der Waals surface area contributed by atoms with Crippen molar-refractivity contribution in [2.75, 3.05) is 11.9 Å². The van der Waals surface area contributed by atoms with E-state index in [1.807, 2.05) is 44.2 Å². The SMILES string of the molecule is CC(C)[C@@H](CO)NC(=O)c1csc2c1S(=O)(=O)N=C(c1c(O)c3ccccc3n(Cc3ccccc3)c1=O)N2. The number of carbonyl (C=O) groups excluding carboxylic acids is 1. The number of rotatable bonds is 7. The van der Waals surface area contributed by atoms with Gasteiger partial charge in [0.2, 0.25) is 0 Å². The predicted octanol–water partition coefficient (Wildman–Crippen LogP) is 3.12. The zero-order valence-corrected chi connectivity index (χ0v) is 22.7. The molecule has 5 rings (SSSR count). The molecule has 1 aliphatic rings. The lowest BCUT2D eigenvalue weighted by molar-refractivity contribution is 0.0894. The first-order valence-corrected chi connectivity index (χ1v) is 14.5. The number of hydrogen-bond acceptors (Lipinski definition) is 8. The standard InChI is InChI=1S/C27H26N4O6S2/c1-15(2)19(13-32)28-25(34)18-14-38-26-23(18)39(36,37)30-24(29-26)21-22(33)17-10-6-7-11-20(17)31(27(21)35)12-16-8-4-3-5-9-16/h3-11,14-15,19,32-33H,12-13H2,1-2H3,(H,28,34)(H,29,30)/t19-/m1/s1. The molecular formula is C27H26N4O6S2. The topological polar surface area (TPSA) is 150 Å². The second kappa shape index (κ2) is 10.3. The minimum Gasteiger partial charge on any atom is -0.506 e. The number of pyridine rings is 1. The maximum absolute atomic E-state index is 13.8. The van der Waals surface area contributed by atoms with Gasteiger partial charge < -0.3 is 25.4 Å². The molecule has 0 radical (unpaired) electrons. The van der Waals surface area contributed by atoms with Crippen LogP contribution in [0.5, 0.6) is 5.75 Å². The molecule has 0 unspecified atom stereocenters. The Labute approximate surface area is 228 Å². The van der Waals surface area contributed by atoms with Gasteiger partial charge in [-0.3, -0.25) is 9.59 Å². The zero-order valence-electron chi connectivity index (χ0n) is 21.1. The Morgan fingerprint density at radius 2 is 1.82 bits per heavy atom. The molecule has 0 spiro atoms. The molecule has 12 heteroatoms. The van der Waals surface area contributed by atoms with Crippen molar-refractivity contribution < 1.29 is 23.4 Å². The molecule has 1 amide bonds. The van der Waals surface area contributed by atoms with E-state index in [4.69, 9.17) is 0 Å². The van der Waals surface area contributed by atoms with Crippen molar-refractivity contribution in [2.24, 2.45) is 10.3 Å². The van der Waals surface area contributed by atoms with Crippen LogP contribution in [-0.2, 0) is 16.6 Å². The molecule has 10 nitrogen and oxygen atoms in total. The summed E-state index contributed by atoms with van der Waals surface area (Å²) in [6.45, 7) is 3.52. The molecule has 4 aromatic rings. The fraction of sp³-hybridized carbons (Fsp3) is 0.222. The lowest BCUT2D eigenvalue weighted by Gasteiger charge is -2.21. The molecule has 4 N–H and O–H groups in total. The van der Waals surface area contributed by atoms with Crippen molar-refractivity contribution in [2.45, 2.75) is 31.3 Å².